The Balaban J connectivity index is 1.52. The van der Waals surface area contributed by atoms with Crippen LogP contribution >= 0.6 is 0 Å². The monoisotopic (exact) mass is 545 g/mol. The molecule has 2 aromatic rings. The molecule has 5 rings (SSSR count). The number of benzene rings is 2. The summed E-state index contributed by atoms with van der Waals surface area (Å²) >= 11 is 0. The minimum atomic E-state index is -4.00. The third kappa shape index (κ3) is 4.79. The van der Waals surface area contributed by atoms with E-state index in [1.54, 1.807) is 0 Å². The third-order valence-electron chi connectivity index (χ3n) is 6.53. The summed E-state index contributed by atoms with van der Waals surface area (Å²) in [4.78, 5) is 0. The molecule has 9 unspecified atom stereocenters. The van der Waals surface area contributed by atoms with Crippen LogP contribution in [0.3, 0.4) is 0 Å². The summed E-state index contributed by atoms with van der Waals surface area (Å²) in [6.07, 6.45) is -19.1. The van der Waals surface area contributed by atoms with Crippen molar-refractivity contribution in [3.63, 3.8) is 0 Å². The number of rotatable bonds is 8. The predicted octanol–water partition coefficient (Wildman–Crippen LogP) is 0.966. The van der Waals surface area contributed by atoms with Crippen LogP contribution in [0.1, 0.15) is 38.4 Å². The van der Waals surface area contributed by atoms with Crippen molar-refractivity contribution >= 4 is 0 Å². The van der Waals surface area contributed by atoms with Gasteiger partial charge in [0.05, 0.1) is 68.4 Å². The van der Waals surface area contributed by atoms with E-state index in [1.807, 2.05) is 0 Å². The van der Waals surface area contributed by atoms with E-state index in [0.29, 0.717) is 0 Å². The van der Waals surface area contributed by atoms with Crippen LogP contribution in [-0.4, -0.2) is 92.2 Å². The lowest BCUT2D eigenvalue weighted by Crippen LogP contribution is -2.60. The second-order valence-corrected chi connectivity index (χ2v) is 8.56. The predicted molar refractivity (Wildman–Crippen MR) is 131 cm³/mol. The van der Waals surface area contributed by atoms with Gasteiger partial charge in [-0.3, -0.25) is 0 Å². The molecule has 2 aromatic carbocycles. The Kier molecular flexibility index (Phi) is 4.86. The minimum Gasteiger partial charge on any atom is -0.493 e. The molecule has 0 spiro atoms. The summed E-state index contributed by atoms with van der Waals surface area (Å²) in [6, 6.07) is -2.97. The van der Waals surface area contributed by atoms with Crippen molar-refractivity contribution in [2.45, 2.75) is 42.8 Å². The van der Waals surface area contributed by atoms with Gasteiger partial charge in [-0.2, -0.15) is 0 Å². The number of ether oxygens (including phenoxy) is 7. The Morgan fingerprint density at radius 1 is 0.816 bits per heavy atom. The SMILES string of the molecule is [2H]c1c([2H])c(C2OCC3C(c4c([2H])c([2H])c(OC5OC(C([2H])([2H])O)C([2H])(O)C([2H])(O)C5([2H])O)c(OC)c4[2H])OCC23)c([2H])c(OC)c1OC. The van der Waals surface area contributed by atoms with Crippen molar-refractivity contribution in [3.8, 4) is 23.0 Å². The summed E-state index contributed by atoms with van der Waals surface area (Å²) in [5.41, 5.74) is -0.126. The molecular weight excluding hydrogens is 500 g/mol. The van der Waals surface area contributed by atoms with E-state index in [-0.39, 0.29) is 54.0 Å². The molecule has 3 aliphatic heterocycles. The lowest BCUT2D eigenvalue weighted by Gasteiger charge is -2.39. The van der Waals surface area contributed by atoms with Gasteiger partial charge < -0.3 is 53.6 Å². The molecule has 38 heavy (non-hydrogen) atoms. The van der Waals surface area contributed by atoms with Crippen molar-refractivity contribution < 1.29 is 68.7 Å². The van der Waals surface area contributed by atoms with Gasteiger partial charge in [0.25, 0.3) is 0 Å². The van der Waals surface area contributed by atoms with Gasteiger partial charge in [0.1, 0.15) is 24.3 Å². The average molecular weight is 546 g/mol. The number of methoxy groups -OCH3 is 3. The fraction of sp³-hybridized carbons (Fsp3) is 0.556. The van der Waals surface area contributed by atoms with Gasteiger partial charge in [-0.25, -0.2) is 0 Å². The van der Waals surface area contributed by atoms with Gasteiger partial charge in [-0.1, -0.05) is 12.1 Å². The van der Waals surface area contributed by atoms with E-state index in [2.05, 4.69) is 0 Å². The van der Waals surface area contributed by atoms with Crippen molar-refractivity contribution in [3.05, 3.63) is 47.4 Å². The van der Waals surface area contributed by atoms with E-state index in [9.17, 15) is 20.4 Å². The highest BCUT2D eigenvalue weighted by Gasteiger charge is 2.49. The Labute approximate surface area is 235 Å². The second kappa shape index (κ2) is 11.2. The Hall–Kier alpha value is -2.64. The summed E-state index contributed by atoms with van der Waals surface area (Å²) in [7, 11) is 3.62. The summed E-state index contributed by atoms with van der Waals surface area (Å²) in [5, 5.41) is 41.5. The highest BCUT2D eigenvalue weighted by molar-refractivity contribution is 5.45. The smallest absolute Gasteiger partial charge is 0.229 e. The zero-order valence-electron chi connectivity index (χ0n) is 31.5. The van der Waals surface area contributed by atoms with E-state index in [0.717, 1.165) is 7.11 Å². The van der Waals surface area contributed by atoms with Crippen LogP contribution in [0, 0.1) is 11.8 Å². The Bertz CT molecular complexity index is 1640. The van der Waals surface area contributed by atoms with E-state index in [1.165, 1.54) is 14.2 Å². The molecule has 0 bridgehead atoms. The van der Waals surface area contributed by atoms with Crippen molar-refractivity contribution in [1.82, 2.24) is 0 Å². The van der Waals surface area contributed by atoms with Gasteiger partial charge in [0, 0.05) is 11.8 Å². The number of aliphatic hydroxyl groups is 4. The summed E-state index contributed by atoms with van der Waals surface area (Å²) in [5.74, 6) is -2.74. The third-order valence-corrected chi connectivity index (χ3v) is 6.53. The van der Waals surface area contributed by atoms with E-state index >= 15 is 0 Å². The first-order chi connectivity index (χ1) is 22.6. The van der Waals surface area contributed by atoms with Crippen LogP contribution in [0.5, 0.6) is 23.0 Å². The fourth-order valence-electron chi connectivity index (χ4n) is 4.63. The number of fused-ring (bicyclic) bond motifs is 1. The minimum absolute atomic E-state index is 0.0439. The Morgan fingerprint density at radius 3 is 1.87 bits per heavy atom. The average Bonchev–Trinajstić information content (AvgIpc) is 3.61. The highest BCUT2D eigenvalue weighted by atomic mass is 16.7. The van der Waals surface area contributed by atoms with E-state index < -0.39 is 90.9 Å². The maximum absolute atomic E-state index is 10.7. The van der Waals surface area contributed by atoms with Gasteiger partial charge in [0.2, 0.25) is 6.29 Å². The van der Waals surface area contributed by atoms with Crippen LogP contribution in [0.25, 0.3) is 0 Å². The maximum Gasteiger partial charge on any atom is 0.229 e. The van der Waals surface area contributed by atoms with E-state index in [4.69, 9.17) is 48.2 Å². The van der Waals surface area contributed by atoms with Crippen molar-refractivity contribution in [2.24, 2.45) is 11.8 Å². The molecule has 3 heterocycles. The molecule has 3 aliphatic rings. The number of hydrogen-bond donors (Lipinski definition) is 4. The van der Waals surface area contributed by atoms with Gasteiger partial charge in [-0.05, 0) is 35.3 Å². The van der Waals surface area contributed by atoms with Crippen LogP contribution in [0.2, 0.25) is 0 Å². The Morgan fingerprint density at radius 2 is 1.34 bits per heavy atom. The first kappa shape index (κ1) is 16.5. The van der Waals surface area contributed by atoms with Crippen LogP contribution in [0.4, 0.5) is 0 Å². The molecule has 0 aliphatic carbocycles. The molecule has 0 amide bonds. The van der Waals surface area contributed by atoms with Crippen LogP contribution < -0.4 is 18.9 Å². The molecule has 9 atom stereocenters. The standard InChI is InChI=1S/C27H34O11/c1-32-17-6-4-13(8-19(17)33-2)25-15-11-36-26(16(15)12-35-25)14-5-7-18(20(9-14)34-3)37-27-24(31)23(30)22(29)21(10-28)38-27/h4-9,15-16,21-31H,10-12H2,1-3H3/i4D,5D,6D,7D,8D,9D,10D2,22D,23D,24D. The molecule has 11 nitrogen and oxygen atoms in total. The van der Waals surface area contributed by atoms with Crippen LogP contribution in [0.15, 0.2) is 36.3 Å². The number of hydrogen-bond acceptors (Lipinski definition) is 11. The summed E-state index contributed by atoms with van der Waals surface area (Å²) in [6.45, 7) is -3.73. The quantitative estimate of drug-likeness (QED) is 0.376. The maximum atomic E-state index is 10.7. The van der Waals surface area contributed by atoms with Crippen LogP contribution in [-0.2, 0) is 14.2 Å². The fourth-order valence-corrected chi connectivity index (χ4v) is 4.63. The van der Waals surface area contributed by atoms with Gasteiger partial charge in [0.15, 0.2) is 23.0 Å². The lowest BCUT2D eigenvalue weighted by atomic mass is 9.85. The molecule has 3 saturated heterocycles. The highest BCUT2D eigenvalue weighted by Crippen LogP contribution is 2.51. The largest absolute Gasteiger partial charge is 0.493 e. The van der Waals surface area contributed by atoms with Crippen molar-refractivity contribution in [1.29, 1.82) is 0 Å². The molecule has 208 valence electrons. The second-order valence-electron chi connectivity index (χ2n) is 8.56. The zero-order chi connectivity index (χ0) is 36.8. The van der Waals surface area contributed by atoms with Gasteiger partial charge >= 0.3 is 0 Å². The lowest BCUT2D eigenvalue weighted by molar-refractivity contribution is -0.277. The normalized spacial score (nSPS) is 44.9. The molecule has 4 N–H and O–H groups in total. The van der Waals surface area contributed by atoms with Gasteiger partial charge in [-0.15, -0.1) is 0 Å². The zero-order valence-corrected chi connectivity index (χ0v) is 20.5. The van der Waals surface area contributed by atoms with Crippen molar-refractivity contribution in [2.75, 3.05) is 41.1 Å². The molecule has 0 radical (unpaired) electrons. The molecule has 11 heteroatoms. The first-order valence-corrected chi connectivity index (χ1v) is 11.5. The first-order valence-electron chi connectivity index (χ1n) is 17.0. The molecule has 0 aromatic heterocycles. The molecule has 0 saturated carbocycles. The topological polar surface area (TPSA) is 146 Å². The summed E-state index contributed by atoms with van der Waals surface area (Å²) < 4.78 is 129. The molecular formula is C27H34O11. The molecule has 3 fully saturated rings.